The van der Waals surface area contributed by atoms with Crippen LogP contribution in [0.4, 0.5) is 5.69 Å². The molecule has 1 amide bonds. The molecule has 2 aromatic carbocycles. The van der Waals surface area contributed by atoms with E-state index in [-0.39, 0.29) is 5.91 Å². The molecule has 0 spiro atoms. The summed E-state index contributed by atoms with van der Waals surface area (Å²) in [5.41, 5.74) is 4.16. The van der Waals surface area contributed by atoms with Gasteiger partial charge < -0.3 is 10.1 Å². The van der Waals surface area contributed by atoms with Gasteiger partial charge in [0.2, 0.25) is 0 Å². The number of benzene rings is 2. The average Bonchev–Trinajstić information content (AvgIpc) is 3.52. The molecule has 7 nitrogen and oxygen atoms in total. The van der Waals surface area contributed by atoms with Gasteiger partial charge >= 0.3 is 0 Å². The topological polar surface area (TPSA) is 72.3 Å². The minimum atomic E-state index is -0.211. The molecule has 0 saturated carbocycles. The number of thiazole rings is 1. The van der Waals surface area contributed by atoms with Crippen LogP contribution < -0.4 is 5.32 Å². The quantitative estimate of drug-likeness (QED) is 0.484. The second kappa shape index (κ2) is 9.44. The molecular formula is C24H23N5O2S. The van der Waals surface area contributed by atoms with Crippen molar-refractivity contribution in [3.05, 3.63) is 83.6 Å². The van der Waals surface area contributed by atoms with Crippen LogP contribution >= 0.6 is 11.3 Å². The number of nitrogens with one attached hydrogen (secondary N) is 1. The van der Waals surface area contributed by atoms with Gasteiger partial charge in [-0.3, -0.25) is 9.69 Å². The maximum absolute atomic E-state index is 12.9. The highest BCUT2D eigenvalue weighted by Crippen LogP contribution is 2.25. The van der Waals surface area contributed by atoms with Gasteiger partial charge in [0.1, 0.15) is 10.7 Å². The Morgan fingerprint density at radius 3 is 2.69 bits per heavy atom. The molecule has 0 atom stereocenters. The standard InChI is InChI=1S/C24H23N5O2S/c30-23(26-21-9-5-4-6-18(21)15-28-10-12-31-13-11-28)22-17-32-24(27-22)19-14-25-29(16-19)20-7-2-1-3-8-20/h1-9,14,16-17H,10-13,15H2,(H,26,30). The molecule has 1 N–H and O–H groups in total. The summed E-state index contributed by atoms with van der Waals surface area (Å²) < 4.78 is 7.23. The third-order valence-corrected chi connectivity index (χ3v) is 6.24. The van der Waals surface area contributed by atoms with Crippen molar-refractivity contribution in [2.24, 2.45) is 0 Å². The van der Waals surface area contributed by atoms with Crippen LogP contribution in [-0.2, 0) is 11.3 Å². The van der Waals surface area contributed by atoms with E-state index in [1.807, 2.05) is 54.7 Å². The molecule has 1 fully saturated rings. The summed E-state index contributed by atoms with van der Waals surface area (Å²) in [5, 5.41) is 10.0. The lowest BCUT2D eigenvalue weighted by Crippen LogP contribution is -2.35. The van der Waals surface area contributed by atoms with Crippen molar-refractivity contribution in [1.29, 1.82) is 0 Å². The Morgan fingerprint density at radius 2 is 1.84 bits per heavy atom. The predicted molar refractivity (Wildman–Crippen MR) is 125 cm³/mol. The van der Waals surface area contributed by atoms with Crippen LogP contribution in [0, 0.1) is 0 Å². The van der Waals surface area contributed by atoms with Crippen LogP contribution in [0.25, 0.3) is 16.3 Å². The van der Waals surface area contributed by atoms with E-state index in [2.05, 4.69) is 26.4 Å². The normalized spacial score (nSPS) is 14.4. The van der Waals surface area contributed by atoms with Gasteiger partial charge in [0.05, 0.1) is 25.1 Å². The molecule has 0 unspecified atom stereocenters. The lowest BCUT2D eigenvalue weighted by molar-refractivity contribution is 0.0342. The summed E-state index contributed by atoms with van der Waals surface area (Å²) in [5.74, 6) is -0.211. The van der Waals surface area contributed by atoms with Crippen molar-refractivity contribution in [2.45, 2.75) is 6.54 Å². The molecule has 1 saturated heterocycles. The summed E-state index contributed by atoms with van der Waals surface area (Å²) in [7, 11) is 0. The Morgan fingerprint density at radius 1 is 1.06 bits per heavy atom. The molecular weight excluding hydrogens is 422 g/mol. The number of ether oxygens (including phenoxy) is 1. The second-order valence-corrected chi connectivity index (χ2v) is 8.40. The third-order valence-electron chi connectivity index (χ3n) is 5.35. The van der Waals surface area contributed by atoms with E-state index >= 15 is 0 Å². The molecule has 2 aromatic heterocycles. The second-order valence-electron chi connectivity index (χ2n) is 7.55. The molecule has 0 bridgehead atoms. The molecule has 5 rings (SSSR count). The number of hydrogen-bond donors (Lipinski definition) is 1. The molecule has 1 aliphatic rings. The van der Waals surface area contributed by atoms with Crippen LogP contribution in [0.5, 0.6) is 0 Å². The fraction of sp³-hybridized carbons (Fsp3) is 0.208. The first-order valence-corrected chi connectivity index (χ1v) is 11.4. The number of hydrogen-bond acceptors (Lipinski definition) is 6. The highest BCUT2D eigenvalue weighted by Gasteiger charge is 2.17. The van der Waals surface area contributed by atoms with Crippen LogP contribution in [0.15, 0.2) is 72.4 Å². The Labute approximate surface area is 190 Å². The highest BCUT2D eigenvalue weighted by atomic mass is 32.1. The van der Waals surface area contributed by atoms with Crippen molar-refractivity contribution in [2.75, 3.05) is 31.6 Å². The van der Waals surface area contributed by atoms with Crippen molar-refractivity contribution in [3.63, 3.8) is 0 Å². The number of anilines is 1. The lowest BCUT2D eigenvalue weighted by Gasteiger charge is -2.27. The zero-order chi connectivity index (χ0) is 21.8. The molecule has 4 aromatic rings. The van der Waals surface area contributed by atoms with Gasteiger partial charge in [0.25, 0.3) is 5.91 Å². The van der Waals surface area contributed by atoms with Gasteiger partial charge in [0, 0.05) is 42.5 Å². The van der Waals surface area contributed by atoms with Crippen molar-refractivity contribution in [1.82, 2.24) is 19.7 Å². The summed E-state index contributed by atoms with van der Waals surface area (Å²) in [4.78, 5) is 19.8. The maximum Gasteiger partial charge on any atom is 0.275 e. The van der Waals surface area contributed by atoms with Gasteiger partial charge in [-0.15, -0.1) is 11.3 Å². The number of carbonyl (C=O) groups excluding carboxylic acids is 1. The van der Waals surface area contributed by atoms with Crippen LogP contribution in [-0.4, -0.2) is 51.9 Å². The first-order valence-electron chi connectivity index (χ1n) is 10.5. The third kappa shape index (κ3) is 4.62. The van der Waals surface area contributed by atoms with Crippen LogP contribution in [0.2, 0.25) is 0 Å². The zero-order valence-corrected chi connectivity index (χ0v) is 18.3. The first kappa shape index (κ1) is 20.6. The minimum Gasteiger partial charge on any atom is -0.379 e. The molecule has 0 aliphatic carbocycles. The van der Waals surface area contributed by atoms with E-state index in [1.165, 1.54) is 11.3 Å². The molecule has 0 radical (unpaired) electrons. The van der Waals surface area contributed by atoms with Crippen LogP contribution in [0.3, 0.4) is 0 Å². The minimum absolute atomic E-state index is 0.211. The van der Waals surface area contributed by atoms with E-state index in [4.69, 9.17) is 4.74 Å². The van der Waals surface area contributed by atoms with Crippen molar-refractivity contribution >= 4 is 22.9 Å². The van der Waals surface area contributed by atoms with Gasteiger partial charge in [-0.2, -0.15) is 5.10 Å². The summed E-state index contributed by atoms with van der Waals surface area (Å²) in [6, 6.07) is 17.8. The van der Waals surface area contributed by atoms with E-state index in [0.717, 1.165) is 60.4 Å². The number of nitrogens with zero attached hydrogens (tertiary/aromatic N) is 4. The van der Waals surface area contributed by atoms with Gasteiger partial charge in [-0.05, 0) is 23.8 Å². The fourth-order valence-electron chi connectivity index (χ4n) is 3.63. The number of para-hydroxylation sites is 2. The Balaban J connectivity index is 1.29. The zero-order valence-electron chi connectivity index (χ0n) is 17.5. The lowest BCUT2D eigenvalue weighted by atomic mass is 10.1. The number of morpholine rings is 1. The number of amides is 1. The van der Waals surface area contributed by atoms with Crippen LogP contribution in [0.1, 0.15) is 16.1 Å². The fourth-order valence-corrected chi connectivity index (χ4v) is 4.41. The highest BCUT2D eigenvalue weighted by molar-refractivity contribution is 7.13. The smallest absolute Gasteiger partial charge is 0.275 e. The Hall–Kier alpha value is -3.33. The number of carbonyl (C=O) groups is 1. The van der Waals surface area contributed by atoms with E-state index in [0.29, 0.717) is 5.69 Å². The van der Waals surface area contributed by atoms with Gasteiger partial charge in [-0.1, -0.05) is 36.4 Å². The molecule has 1 aliphatic heterocycles. The maximum atomic E-state index is 12.9. The molecule has 32 heavy (non-hydrogen) atoms. The SMILES string of the molecule is O=C(Nc1ccccc1CN1CCOCC1)c1csc(-c2cnn(-c3ccccc3)c2)n1. The Kier molecular flexibility index (Phi) is 6.06. The predicted octanol–water partition coefficient (Wildman–Crippen LogP) is 4.08. The number of aromatic nitrogens is 3. The molecule has 162 valence electrons. The van der Waals surface area contributed by atoms with Gasteiger partial charge in [0.15, 0.2) is 0 Å². The number of rotatable bonds is 6. The van der Waals surface area contributed by atoms with Gasteiger partial charge in [-0.25, -0.2) is 9.67 Å². The van der Waals surface area contributed by atoms with E-state index in [1.54, 1.807) is 16.3 Å². The summed E-state index contributed by atoms with van der Waals surface area (Å²) in [6.07, 6.45) is 3.69. The summed E-state index contributed by atoms with van der Waals surface area (Å²) >= 11 is 1.44. The molecule has 8 heteroatoms. The van der Waals surface area contributed by atoms with E-state index in [9.17, 15) is 4.79 Å². The molecule has 3 heterocycles. The first-order chi connectivity index (χ1) is 15.8. The average molecular weight is 446 g/mol. The van der Waals surface area contributed by atoms with E-state index < -0.39 is 0 Å². The monoisotopic (exact) mass is 445 g/mol. The largest absolute Gasteiger partial charge is 0.379 e. The van der Waals surface area contributed by atoms with Crippen molar-refractivity contribution in [3.8, 4) is 16.3 Å². The Bertz CT molecular complexity index is 1200. The summed E-state index contributed by atoms with van der Waals surface area (Å²) in [6.45, 7) is 4.07. The van der Waals surface area contributed by atoms with Crippen molar-refractivity contribution < 1.29 is 9.53 Å².